The largest absolute Gasteiger partial charge is 0.478 e. The molecule has 5 nitrogen and oxygen atoms in total. The smallest absolute Gasteiger partial charge is 0.338 e. The first-order valence-electron chi connectivity index (χ1n) is 4.50. The highest BCUT2D eigenvalue weighted by molar-refractivity contribution is 14.1. The number of hydrogen-bond acceptors (Lipinski definition) is 4. The van der Waals surface area contributed by atoms with Gasteiger partial charge in [0.1, 0.15) is 5.69 Å². The Balaban J connectivity index is 3.42. The highest BCUT2D eigenvalue weighted by Crippen LogP contribution is 2.28. The molecule has 8 heteroatoms. The molecule has 0 unspecified atom stereocenters. The van der Waals surface area contributed by atoms with Crippen LogP contribution in [0.4, 0.5) is 10.1 Å². The molecule has 1 aromatic rings. The normalized spacial score (nSPS) is 10.9. The zero-order valence-corrected chi connectivity index (χ0v) is 12.0. The van der Waals surface area contributed by atoms with Gasteiger partial charge in [-0.2, -0.15) is 5.26 Å². The van der Waals surface area contributed by atoms with Crippen LogP contribution in [-0.4, -0.2) is 22.5 Å². The number of carboxylic acid groups (broad SMARTS) is 1. The number of rotatable bonds is 2. The van der Waals surface area contributed by atoms with Crippen molar-refractivity contribution in [3.63, 3.8) is 0 Å². The molecule has 0 fully saturated rings. The van der Waals surface area contributed by atoms with Gasteiger partial charge in [0.25, 0.3) is 0 Å². The maximum Gasteiger partial charge on any atom is 0.338 e. The number of carboxylic acids is 1. The Morgan fingerprint density at radius 2 is 2.33 bits per heavy atom. The second-order valence-corrected chi connectivity index (χ2v) is 4.88. The van der Waals surface area contributed by atoms with Crippen LogP contribution in [0.3, 0.4) is 0 Å². The fourth-order valence-corrected chi connectivity index (χ4v) is 1.86. The lowest BCUT2D eigenvalue weighted by Gasteiger charge is -2.06. The molecule has 0 amide bonds. The molecule has 1 rings (SSSR count). The molecule has 2 N–H and O–H groups in total. The predicted octanol–water partition coefficient (Wildman–Crippen LogP) is 2.55. The number of nitriles is 1. The standard InChI is InChI=1S/C10H7FIN3O2S/c1-18-10(14-4-13)15-8-5(9(16)17)2-3-6(12)7(8)11/h2-3H,1H3,(H,14,15)(H,16,17). The van der Waals surface area contributed by atoms with Crippen LogP contribution < -0.4 is 5.32 Å². The van der Waals surface area contributed by atoms with E-state index in [1.807, 2.05) is 0 Å². The first kappa shape index (κ1) is 14.7. The van der Waals surface area contributed by atoms with E-state index in [1.165, 1.54) is 12.1 Å². The van der Waals surface area contributed by atoms with Crippen molar-refractivity contribution >= 4 is 51.2 Å². The highest BCUT2D eigenvalue weighted by atomic mass is 127. The summed E-state index contributed by atoms with van der Waals surface area (Å²) in [6.45, 7) is 0. The summed E-state index contributed by atoms with van der Waals surface area (Å²) >= 11 is 2.82. The maximum absolute atomic E-state index is 13.9. The number of aliphatic imine (C=N–C) groups is 1. The van der Waals surface area contributed by atoms with E-state index in [0.29, 0.717) is 0 Å². The van der Waals surface area contributed by atoms with Gasteiger partial charge < -0.3 is 5.11 Å². The van der Waals surface area contributed by atoms with Crippen LogP contribution in [0.25, 0.3) is 0 Å². The molecule has 0 aliphatic rings. The van der Waals surface area contributed by atoms with Crippen molar-refractivity contribution in [2.24, 2.45) is 4.99 Å². The van der Waals surface area contributed by atoms with Gasteiger partial charge in [0.2, 0.25) is 0 Å². The average Bonchev–Trinajstić information content (AvgIpc) is 2.33. The Labute approximate surface area is 120 Å². The molecular formula is C10H7FIN3O2S. The molecule has 0 heterocycles. The Hall–Kier alpha value is -1.34. The molecule has 0 aliphatic heterocycles. The lowest BCUT2D eigenvalue weighted by atomic mass is 10.2. The molecule has 0 atom stereocenters. The summed E-state index contributed by atoms with van der Waals surface area (Å²) in [4.78, 5) is 14.8. The molecular weight excluding hydrogens is 372 g/mol. The third kappa shape index (κ3) is 3.33. The van der Waals surface area contributed by atoms with Crippen molar-refractivity contribution in [3.05, 3.63) is 27.1 Å². The number of nitrogens with one attached hydrogen (secondary N) is 1. The number of hydrogen-bond donors (Lipinski definition) is 2. The maximum atomic E-state index is 13.9. The van der Waals surface area contributed by atoms with Gasteiger partial charge in [-0.1, -0.05) is 11.8 Å². The van der Waals surface area contributed by atoms with Gasteiger partial charge in [0.15, 0.2) is 17.2 Å². The third-order valence-corrected chi connectivity index (χ3v) is 3.28. The molecule has 0 aliphatic carbocycles. The Kier molecular flexibility index (Phi) is 5.36. The van der Waals surface area contributed by atoms with Crippen molar-refractivity contribution in [1.82, 2.24) is 5.32 Å². The van der Waals surface area contributed by atoms with Crippen LogP contribution in [0.5, 0.6) is 0 Å². The van der Waals surface area contributed by atoms with E-state index in [1.54, 1.807) is 35.0 Å². The summed E-state index contributed by atoms with van der Waals surface area (Å²) in [6.07, 6.45) is 3.28. The molecule has 94 valence electrons. The zero-order chi connectivity index (χ0) is 13.7. The van der Waals surface area contributed by atoms with Crippen LogP contribution in [0.15, 0.2) is 17.1 Å². The fraction of sp³-hybridized carbons (Fsp3) is 0.100. The first-order valence-corrected chi connectivity index (χ1v) is 6.80. The molecule has 1 aromatic carbocycles. The second-order valence-electron chi connectivity index (χ2n) is 2.92. The first-order chi connectivity index (χ1) is 8.51. The lowest BCUT2D eigenvalue weighted by Crippen LogP contribution is -2.13. The van der Waals surface area contributed by atoms with Gasteiger partial charge in [-0.15, -0.1) is 0 Å². The highest BCUT2D eigenvalue weighted by Gasteiger charge is 2.17. The molecule has 0 saturated carbocycles. The van der Waals surface area contributed by atoms with Crippen LogP contribution in [0, 0.1) is 20.8 Å². The minimum absolute atomic E-state index is 0.126. The number of carbonyl (C=O) groups is 1. The number of halogens is 2. The van der Waals surface area contributed by atoms with Crippen molar-refractivity contribution < 1.29 is 14.3 Å². The van der Waals surface area contributed by atoms with Crippen molar-refractivity contribution in [2.45, 2.75) is 0 Å². The molecule has 0 radical (unpaired) electrons. The second kappa shape index (κ2) is 6.55. The third-order valence-electron chi connectivity index (χ3n) is 1.87. The van der Waals surface area contributed by atoms with Crippen LogP contribution in [0.1, 0.15) is 10.4 Å². The summed E-state index contributed by atoms with van der Waals surface area (Å²) in [5.41, 5.74) is -0.541. The van der Waals surface area contributed by atoms with E-state index in [-0.39, 0.29) is 20.0 Å². The number of aromatic carboxylic acids is 1. The van der Waals surface area contributed by atoms with E-state index >= 15 is 0 Å². The summed E-state index contributed by atoms with van der Waals surface area (Å²) < 4.78 is 14.1. The van der Waals surface area contributed by atoms with Crippen molar-refractivity contribution in [1.29, 1.82) is 5.26 Å². The number of nitrogens with zero attached hydrogens (tertiary/aromatic N) is 2. The number of thioether (sulfide) groups is 1. The van der Waals surface area contributed by atoms with E-state index in [0.717, 1.165) is 11.8 Å². The molecule has 18 heavy (non-hydrogen) atoms. The SMILES string of the molecule is CSC(=Nc1c(C(=O)O)ccc(I)c1F)NC#N. The van der Waals surface area contributed by atoms with E-state index in [9.17, 15) is 9.18 Å². The van der Waals surface area contributed by atoms with Crippen molar-refractivity contribution in [2.75, 3.05) is 6.26 Å². The predicted molar refractivity (Wildman–Crippen MR) is 75.4 cm³/mol. The molecule has 0 saturated heterocycles. The zero-order valence-electron chi connectivity index (χ0n) is 9.07. The summed E-state index contributed by atoms with van der Waals surface area (Å²) in [5.74, 6) is -2.00. The molecule has 0 bridgehead atoms. The van der Waals surface area contributed by atoms with E-state index in [4.69, 9.17) is 10.4 Å². The lowest BCUT2D eigenvalue weighted by molar-refractivity contribution is 0.0697. The fourth-order valence-electron chi connectivity index (χ4n) is 1.10. The topological polar surface area (TPSA) is 85.5 Å². The molecule has 0 spiro atoms. The summed E-state index contributed by atoms with van der Waals surface area (Å²) in [6, 6.07) is 2.63. The van der Waals surface area contributed by atoms with Gasteiger partial charge in [-0.05, 0) is 41.0 Å². The summed E-state index contributed by atoms with van der Waals surface area (Å²) in [5, 5.41) is 19.8. The van der Waals surface area contributed by atoms with E-state index < -0.39 is 11.8 Å². The van der Waals surface area contributed by atoms with Gasteiger partial charge in [-0.3, -0.25) is 5.32 Å². The Morgan fingerprint density at radius 1 is 1.67 bits per heavy atom. The van der Waals surface area contributed by atoms with Gasteiger partial charge in [-0.25, -0.2) is 14.2 Å². The van der Waals surface area contributed by atoms with E-state index in [2.05, 4.69) is 10.3 Å². The number of benzene rings is 1. The van der Waals surface area contributed by atoms with Crippen LogP contribution >= 0.6 is 34.4 Å². The van der Waals surface area contributed by atoms with Gasteiger partial charge in [0, 0.05) is 0 Å². The minimum Gasteiger partial charge on any atom is -0.478 e. The van der Waals surface area contributed by atoms with Crippen molar-refractivity contribution in [3.8, 4) is 6.19 Å². The molecule has 0 aromatic heterocycles. The Bertz CT molecular complexity index is 557. The van der Waals surface area contributed by atoms with Crippen LogP contribution in [0.2, 0.25) is 0 Å². The van der Waals surface area contributed by atoms with Gasteiger partial charge in [0.05, 0.1) is 9.13 Å². The van der Waals surface area contributed by atoms with Gasteiger partial charge >= 0.3 is 5.97 Å². The summed E-state index contributed by atoms with van der Waals surface area (Å²) in [7, 11) is 0. The Morgan fingerprint density at radius 3 is 2.83 bits per heavy atom. The number of amidine groups is 1. The average molecular weight is 379 g/mol. The van der Waals surface area contributed by atoms with Crippen LogP contribution in [-0.2, 0) is 0 Å². The quantitative estimate of drug-likeness (QED) is 0.271. The minimum atomic E-state index is -1.28. The monoisotopic (exact) mass is 379 g/mol.